The Morgan fingerprint density at radius 1 is 1.33 bits per heavy atom. The van der Waals surface area contributed by atoms with Crippen LogP contribution < -0.4 is 10.6 Å². The number of hydrogen-bond acceptors (Lipinski definition) is 3. The molecule has 1 radical (unpaired) electrons. The number of carbonyl (C=O) groups excluding carboxylic acids is 1. The molecule has 0 aromatic carbocycles. The van der Waals surface area contributed by atoms with Crippen LogP contribution in [0.2, 0.25) is 0 Å². The van der Waals surface area contributed by atoms with Crippen LogP contribution >= 0.6 is 0 Å². The number of ether oxygens (including phenoxy) is 1. The Balaban J connectivity index is 0. The van der Waals surface area contributed by atoms with Gasteiger partial charge in [-0.3, -0.25) is 0 Å². The van der Waals surface area contributed by atoms with Crippen molar-refractivity contribution in [3.63, 3.8) is 0 Å². The van der Waals surface area contributed by atoms with Gasteiger partial charge < -0.3 is 20.2 Å². The average Bonchev–Trinajstić information content (AvgIpc) is 2.03. The largest absolute Gasteiger partial charge is 0.530 e. The molecule has 0 bridgehead atoms. The first kappa shape index (κ1) is 15.0. The zero-order valence-corrected chi connectivity index (χ0v) is 10.3. The molecule has 1 amide bonds. The van der Waals surface area contributed by atoms with Gasteiger partial charge in [-0.2, -0.15) is 6.41 Å². The second-order valence-electron chi connectivity index (χ2n) is 2.10. The van der Waals surface area contributed by atoms with Crippen LogP contribution in [0.25, 0.3) is 0 Å². The van der Waals surface area contributed by atoms with Gasteiger partial charge in [0.1, 0.15) is 0 Å². The molecule has 0 unspecified atom stereocenters. The van der Waals surface area contributed by atoms with Crippen LogP contribution in [0.1, 0.15) is 6.42 Å². The maximum absolute atomic E-state index is 9.65. The zero-order valence-electron chi connectivity index (χ0n) is 7.43. The minimum Gasteiger partial charge on any atom is -0.530 e. The van der Waals surface area contributed by atoms with Crippen molar-refractivity contribution >= 4 is 6.41 Å². The van der Waals surface area contributed by atoms with Crippen LogP contribution in [0.5, 0.6) is 0 Å². The van der Waals surface area contributed by atoms with E-state index < -0.39 is 0 Å². The van der Waals surface area contributed by atoms with Gasteiger partial charge in [0.25, 0.3) is 0 Å². The van der Waals surface area contributed by atoms with Gasteiger partial charge in [0.05, 0.1) is 6.61 Å². The molecule has 2 N–H and O–H groups in total. The summed E-state index contributed by atoms with van der Waals surface area (Å²) in [6.45, 7) is 2.92. The van der Waals surface area contributed by atoms with Crippen molar-refractivity contribution in [3.8, 4) is 0 Å². The van der Waals surface area contributed by atoms with E-state index in [0.29, 0.717) is 13.2 Å². The Bertz CT molecular complexity index is 93.5. The van der Waals surface area contributed by atoms with Gasteiger partial charge in [-0.25, -0.2) is 0 Å². The minimum absolute atomic E-state index is 0. The van der Waals surface area contributed by atoms with E-state index in [4.69, 9.17) is 4.74 Å². The molecule has 0 aliphatic carbocycles. The van der Waals surface area contributed by atoms with E-state index in [9.17, 15) is 4.79 Å². The third-order valence-electron chi connectivity index (χ3n) is 1.16. The summed E-state index contributed by atoms with van der Waals surface area (Å²) in [4.78, 5) is 9.65. The molecule has 0 saturated heterocycles. The third kappa shape index (κ3) is 13.1. The average molecular weight is 248 g/mol. The molecule has 0 fully saturated rings. The van der Waals surface area contributed by atoms with E-state index in [1.807, 2.05) is 7.05 Å². The van der Waals surface area contributed by atoms with Gasteiger partial charge in [0.2, 0.25) is 0 Å². The van der Waals surface area contributed by atoms with Crippen LogP contribution in [-0.2, 0) is 42.2 Å². The summed E-state index contributed by atoms with van der Waals surface area (Å²) in [5.74, 6) is 0. The van der Waals surface area contributed by atoms with Crippen molar-refractivity contribution in [2.75, 3.05) is 33.4 Å². The maximum atomic E-state index is 9.65. The fourth-order valence-electron chi connectivity index (χ4n) is 0.590. The fourth-order valence-corrected chi connectivity index (χ4v) is 0.590. The second kappa shape index (κ2) is 14.0. The smallest absolute Gasteiger partial charge is 0.0590 e. The summed E-state index contributed by atoms with van der Waals surface area (Å²) < 4.78 is 5.19. The molecular formula is C7H15N2O2Y-. The van der Waals surface area contributed by atoms with Crippen LogP contribution in [0, 0.1) is 0 Å². The molecule has 0 aromatic heterocycles. The Hall–Kier alpha value is 0.494. The molecule has 0 heterocycles. The molecule has 0 spiro atoms. The molecule has 0 rings (SSSR count). The Labute approximate surface area is 98.7 Å². The van der Waals surface area contributed by atoms with E-state index in [1.54, 1.807) is 6.41 Å². The van der Waals surface area contributed by atoms with Gasteiger partial charge in [-0.15, -0.1) is 0 Å². The molecule has 0 aromatic rings. The third-order valence-corrected chi connectivity index (χ3v) is 1.16. The molecule has 5 heteroatoms. The first-order chi connectivity index (χ1) is 5.41. The monoisotopic (exact) mass is 248 g/mol. The summed E-state index contributed by atoms with van der Waals surface area (Å²) >= 11 is 0. The van der Waals surface area contributed by atoms with Crippen LogP contribution in [0.4, 0.5) is 0 Å². The molecule has 0 atom stereocenters. The van der Waals surface area contributed by atoms with Crippen LogP contribution in [0.15, 0.2) is 0 Å². The molecule has 69 valence electrons. The van der Waals surface area contributed by atoms with E-state index in [-0.39, 0.29) is 32.7 Å². The van der Waals surface area contributed by atoms with Crippen molar-refractivity contribution in [2.24, 2.45) is 0 Å². The first-order valence-electron chi connectivity index (χ1n) is 3.74. The molecule has 0 saturated carbocycles. The number of likely N-dealkylation sites (N-methyl/N-ethyl adjacent to an activating group) is 1. The first-order valence-corrected chi connectivity index (χ1v) is 3.74. The number of hydrogen-bond donors (Lipinski definition) is 2. The van der Waals surface area contributed by atoms with E-state index in [1.165, 1.54) is 0 Å². The van der Waals surface area contributed by atoms with Crippen molar-refractivity contribution in [1.82, 2.24) is 10.6 Å². The van der Waals surface area contributed by atoms with Crippen molar-refractivity contribution in [2.45, 2.75) is 6.42 Å². The summed E-state index contributed by atoms with van der Waals surface area (Å²) in [5, 5.41) is 5.40. The second-order valence-corrected chi connectivity index (χ2v) is 2.10. The fraction of sp³-hybridized carbons (Fsp3) is 0.857. The van der Waals surface area contributed by atoms with Crippen LogP contribution in [-0.4, -0.2) is 39.8 Å². The maximum Gasteiger partial charge on any atom is 0.0590 e. The Kier molecular flexibility index (Phi) is 17.5. The number of amides is 1. The quantitative estimate of drug-likeness (QED) is 0.338. The van der Waals surface area contributed by atoms with Gasteiger partial charge >= 0.3 is 0 Å². The Morgan fingerprint density at radius 3 is 2.67 bits per heavy atom. The molecule has 0 aliphatic heterocycles. The molecule has 12 heavy (non-hydrogen) atoms. The molecule has 4 nitrogen and oxygen atoms in total. The SMILES string of the molecule is CNCCOCCCN[C-]=O.[Y]. The van der Waals surface area contributed by atoms with E-state index in [2.05, 4.69) is 10.6 Å². The van der Waals surface area contributed by atoms with Gasteiger partial charge in [-0.1, -0.05) is 0 Å². The zero-order chi connectivity index (χ0) is 8.36. The van der Waals surface area contributed by atoms with Crippen LogP contribution in [0.3, 0.4) is 0 Å². The number of nitrogens with one attached hydrogen (secondary N) is 2. The summed E-state index contributed by atoms with van der Waals surface area (Å²) in [6, 6.07) is 0. The molecular weight excluding hydrogens is 233 g/mol. The predicted octanol–water partition coefficient (Wildman–Crippen LogP) is -0.733. The van der Waals surface area contributed by atoms with Crippen molar-refractivity contribution in [3.05, 3.63) is 0 Å². The number of rotatable bonds is 8. The van der Waals surface area contributed by atoms with Gasteiger partial charge in [-0.05, 0) is 20.0 Å². The van der Waals surface area contributed by atoms with E-state index in [0.717, 1.165) is 19.6 Å². The van der Waals surface area contributed by atoms with Gasteiger partial charge in [0, 0.05) is 45.9 Å². The summed E-state index contributed by atoms with van der Waals surface area (Å²) in [6.07, 6.45) is 2.45. The molecule has 0 aliphatic rings. The predicted molar refractivity (Wildman–Crippen MR) is 43.1 cm³/mol. The van der Waals surface area contributed by atoms with E-state index >= 15 is 0 Å². The summed E-state index contributed by atoms with van der Waals surface area (Å²) in [7, 11) is 1.88. The van der Waals surface area contributed by atoms with Gasteiger partial charge in [0.15, 0.2) is 0 Å². The van der Waals surface area contributed by atoms with Crippen molar-refractivity contribution in [1.29, 1.82) is 0 Å². The normalized spacial score (nSPS) is 8.75. The topological polar surface area (TPSA) is 50.4 Å². The summed E-state index contributed by atoms with van der Waals surface area (Å²) in [5.41, 5.74) is 0. The van der Waals surface area contributed by atoms with Crippen molar-refractivity contribution < 1.29 is 42.2 Å². The standard InChI is InChI=1S/C7H15N2O2.Y/c1-8-4-6-11-5-2-3-9-7-10;/h8H,2-6H2,1H3,(H,9,10);/q-1;. The Morgan fingerprint density at radius 2 is 2.08 bits per heavy atom. The minimum atomic E-state index is 0.